The highest BCUT2D eigenvalue weighted by atomic mass is 16.6. The smallest absolute Gasteiger partial charge is 0.410 e. The number of carbonyl (C=O) groups excluding carboxylic acids is 1. The number of aliphatic hydroxyl groups excluding tert-OH is 1. The number of carbonyl (C=O) groups is 1. The molecule has 3 rings (SSSR count). The van der Waals surface area contributed by atoms with E-state index in [0.29, 0.717) is 19.6 Å². The predicted octanol–water partition coefficient (Wildman–Crippen LogP) is 3.69. The molecule has 28 heavy (non-hydrogen) atoms. The fourth-order valence-electron chi connectivity index (χ4n) is 3.71. The van der Waals surface area contributed by atoms with Crippen LogP contribution in [0.5, 0.6) is 0 Å². The Hall–Kier alpha value is -2.37. The molecule has 1 atom stereocenters. The number of piperazine rings is 1. The molecule has 1 heterocycles. The first-order valence-corrected chi connectivity index (χ1v) is 9.83. The maximum absolute atomic E-state index is 12.5. The third kappa shape index (κ3) is 4.91. The first-order chi connectivity index (χ1) is 13.4. The van der Waals surface area contributed by atoms with E-state index in [0.717, 1.165) is 0 Å². The maximum atomic E-state index is 12.5. The van der Waals surface area contributed by atoms with Crippen molar-refractivity contribution in [3.8, 4) is 0 Å². The van der Waals surface area contributed by atoms with Crippen molar-refractivity contribution in [1.82, 2.24) is 9.80 Å². The average molecular weight is 383 g/mol. The molecular weight excluding hydrogens is 352 g/mol. The second-order valence-electron chi connectivity index (χ2n) is 8.22. The second kappa shape index (κ2) is 8.76. The quantitative estimate of drug-likeness (QED) is 0.876. The minimum atomic E-state index is -0.528. The molecule has 1 aliphatic heterocycles. The van der Waals surface area contributed by atoms with Gasteiger partial charge in [-0.15, -0.1) is 0 Å². The number of benzene rings is 2. The first kappa shape index (κ1) is 20.4. The predicted molar refractivity (Wildman–Crippen MR) is 110 cm³/mol. The van der Waals surface area contributed by atoms with Gasteiger partial charge >= 0.3 is 6.09 Å². The van der Waals surface area contributed by atoms with Gasteiger partial charge in [0.05, 0.1) is 18.7 Å². The maximum Gasteiger partial charge on any atom is 0.410 e. The topological polar surface area (TPSA) is 53.0 Å². The Morgan fingerprint density at radius 2 is 1.57 bits per heavy atom. The van der Waals surface area contributed by atoms with Crippen molar-refractivity contribution in [2.24, 2.45) is 0 Å². The Bertz CT molecular complexity index is 719. The standard InChI is InChI=1S/C23H30N2O3/c1-23(2,3)28-22(27)24-14-15-25(20(16-24)17-26)21(18-10-6-4-7-11-18)19-12-8-5-9-13-19/h4-13,20-21,26H,14-17H2,1-3H3/t20-/m0/s1. The van der Waals surface area contributed by atoms with Crippen molar-refractivity contribution in [3.63, 3.8) is 0 Å². The van der Waals surface area contributed by atoms with Crippen molar-refractivity contribution in [2.75, 3.05) is 26.2 Å². The van der Waals surface area contributed by atoms with Gasteiger partial charge in [0.25, 0.3) is 0 Å². The molecule has 5 nitrogen and oxygen atoms in total. The van der Waals surface area contributed by atoms with E-state index in [2.05, 4.69) is 29.2 Å². The van der Waals surface area contributed by atoms with Crippen LogP contribution in [0.25, 0.3) is 0 Å². The van der Waals surface area contributed by atoms with Crippen molar-refractivity contribution >= 4 is 6.09 Å². The van der Waals surface area contributed by atoms with Crippen LogP contribution in [0.15, 0.2) is 60.7 Å². The lowest BCUT2D eigenvalue weighted by atomic mass is 9.94. The number of aliphatic hydroxyl groups is 1. The number of amides is 1. The lowest BCUT2D eigenvalue weighted by molar-refractivity contribution is -0.0115. The summed E-state index contributed by atoms with van der Waals surface area (Å²) < 4.78 is 5.52. The van der Waals surface area contributed by atoms with Crippen LogP contribution >= 0.6 is 0 Å². The molecule has 0 aromatic heterocycles. The number of ether oxygens (including phenoxy) is 1. The van der Waals surface area contributed by atoms with Gasteiger partial charge in [0.2, 0.25) is 0 Å². The number of rotatable bonds is 4. The lowest BCUT2D eigenvalue weighted by Crippen LogP contribution is -2.57. The van der Waals surface area contributed by atoms with Crippen LogP contribution < -0.4 is 0 Å². The molecule has 5 heteroatoms. The summed E-state index contributed by atoms with van der Waals surface area (Å²) in [6.45, 7) is 7.26. The monoisotopic (exact) mass is 382 g/mol. The van der Waals surface area contributed by atoms with E-state index in [9.17, 15) is 9.90 Å². The van der Waals surface area contributed by atoms with E-state index in [1.807, 2.05) is 57.2 Å². The van der Waals surface area contributed by atoms with Crippen LogP contribution in [-0.4, -0.2) is 58.9 Å². The summed E-state index contributed by atoms with van der Waals surface area (Å²) in [7, 11) is 0. The number of hydrogen-bond acceptors (Lipinski definition) is 4. The third-order valence-corrected chi connectivity index (χ3v) is 4.95. The van der Waals surface area contributed by atoms with Gasteiger partial charge in [-0.1, -0.05) is 60.7 Å². The van der Waals surface area contributed by atoms with E-state index in [4.69, 9.17) is 4.74 Å². The Labute approximate surface area is 167 Å². The molecule has 1 N–H and O–H groups in total. The van der Waals surface area contributed by atoms with Crippen molar-refractivity contribution in [1.29, 1.82) is 0 Å². The number of nitrogens with zero attached hydrogens (tertiary/aromatic N) is 2. The summed E-state index contributed by atoms with van der Waals surface area (Å²) in [6.07, 6.45) is -0.318. The normalized spacial score (nSPS) is 18.3. The SMILES string of the molecule is CC(C)(C)OC(=O)N1CCN(C(c2ccccc2)c2ccccc2)[C@H](CO)C1. The molecule has 1 amide bonds. The molecule has 1 saturated heterocycles. The lowest BCUT2D eigenvalue weighted by Gasteiger charge is -2.45. The molecule has 2 aromatic rings. The summed E-state index contributed by atoms with van der Waals surface area (Å²) in [5.74, 6) is 0. The molecule has 150 valence electrons. The Morgan fingerprint density at radius 3 is 2.04 bits per heavy atom. The summed E-state index contributed by atoms with van der Waals surface area (Å²) in [6, 6.07) is 20.5. The van der Waals surface area contributed by atoms with Gasteiger partial charge < -0.3 is 14.7 Å². The van der Waals surface area contributed by atoms with Gasteiger partial charge in [-0.3, -0.25) is 4.90 Å². The van der Waals surface area contributed by atoms with E-state index < -0.39 is 5.60 Å². The van der Waals surface area contributed by atoms with E-state index in [1.54, 1.807) is 4.90 Å². The van der Waals surface area contributed by atoms with Crippen LogP contribution in [0.4, 0.5) is 4.79 Å². The molecule has 0 radical (unpaired) electrons. The molecule has 1 aliphatic rings. The summed E-state index contributed by atoms with van der Waals surface area (Å²) in [5.41, 5.74) is 1.83. The average Bonchev–Trinajstić information content (AvgIpc) is 2.69. The fourth-order valence-corrected chi connectivity index (χ4v) is 3.71. The van der Waals surface area contributed by atoms with Gasteiger partial charge in [-0.05, 0) is 31.9 Å². The van der Waals surface area contributed by atoms with Crippen LogP contribution in [-0.2, 0) is 4.74 Å². The Kier molecular flexibility index (Phi) is 6.37. The van der Waals surface area contributed by atoms with Crippen LogP contribution in [0, 0.1) is 0 Å². The van der Waals surface area contributed by atoms with Gasteiger partial charge in [-0.2, -0.15) is 0 Å². The molecule has 0 saturated carbocycles. The molecule has 0 unspecified atom stereocenters. The van der Waals surface area contributed by atoms with Gasteiger partial charge in [-0.25, -0.2) is 4.79 Å². The van der Waals surface area contributed by atoms with Crippen molar-refractivity contribution in [2.45, 2.75) is 38.5 Å². The zero-order valence-electron chi connectivity index (χ0n) is 16.9. The van der Waals surface area contributed by atoms with Gasteiger partial charge in [0.15, 0.2) is 0 Å². The van der Waals surface area contributed by atoms with Gasteiger partial charge in [0, 0.05) is 19.6 Å². The zero-order valence-corrected chi connectivity index (χ0v) is 16.9. The highest BCUT2D eigenvalue weighted by Crippen LogP contribution is 2.32. The number of hydrogen-bond donors (Lipinski definition) is 1. The molecule has 0 aliphatic carbocycles. The summed E-state index contributed by atoms with van der Waals surface area (Å²) in [5, 5.41) is 10.1. The molecule has 1 fully saturated rings. The van der Waals surface area contributed by atoms with Crippen LogP contribution in [0.3, 0.4) is 0 Å². The highest BCUT2D eigenvalue weighted by Gasteiger charge is 2.36. The fraction of sp³-hybridized carbons (Fsp3) is 0.435. The van der Waals surface area contributed by atoms with E-state index in [1.165, 1.54) is 11.1 Å². The Balaban J connectivity index is 1.85. The largest absolute Gasteiger partial charge is 0.444 e. The Morgan fingerprint density at radius 1 is 1.04 bits per heavy atom. The van der Waals surface area contributed by atoms with Crippen LogP contribution in [0.2, 0.25) is 0 Å². The highest BCUT2D eigenvalue weighted by molar-refractivity contribution is 5.68. The van der Waals surface area contributed by atoms with Gasteiger partial charge in [0.1, 0.15) is 5.60 Å². The third-order valence-electron chi connectivity index (χ3n) is 4.95. The van der Waals surface area contributed by atoms with Crippen LogP contribution in [0.1, 0.15) is 37.9 Å². The summed E-state index contributed by atoms with van der Waals surface area (Å²) in [4.78, 5) is 16.5. The second-order valence-corrected chi connectivity index (χ2v) is 8.22. The van der Waals surface area contributed by atoms with Crippen molar-refractivity contribution in [3.05, 3.63) is 71.8 Å². The zero-order chi connectivity index (χ0) is 20.1. The minimum Gasteiger partial charge on any atom is -0.444 e. The van der Waals surface area contributed by atoms with E-state index in [-0.39, 0.29) is 24.8 Å². The molecule has 0 spiro atoms. The minimum absolute atomic E-state index is 0.0184. The summed E-state index contributed by atoms with van der Waals surface area (Å²) >= 11 is 0. The van der Waals surface area contributed by atoms with Crippen molar-refractivity contribution < 1.29 is 14.6 Å². The van der Waals surface area contributed by atoms with E-state index >= 15 is 0 Å². The first-order valence-electron chi connectivity index (χ1n) is 9.83. The molecule has 0 bridgehead atoms. The molecule has 2 aromatic carbocycles. The molecular formula is C23H30N2O3.